The van der Waals surface area contributed by atoms with E-state index in [0.29, 0.717) is 10.8 Å². The number of thiazole rings is 1. The lowest BCUT2D eigenvalue weighted by molar-refractivity contribution is -0.141. The number of rotatable bonds is 7. The lowest BCUT2D eigenvalue weighted by Gasteiger charge is -2.25. The van der Waals surface area contributed by atoms with E-state index in [1.54, 1.807) is 18.5 Å². The normalized spacial score (nSPS) is 11.6. The van der Waals surface area contributed by atoms with E-state index in [-0.39, 0.29) is 23.9 Å². The van der Waals surface area contributed by atoms with E-state index in [4.69, 9.17) is 0 Å². The van der Waals surface area contributed by atoms with E-state index in [1.165, 1.54) is 24.9 Å². The van der Waals surface area contributed by atoms with Gasteiger partial charge in [-0.15, -0.1) is 11.3 Å². The van der Waals surface area contributed by atoms with Crippen molar-refractivity contribution in [1.82, 2.24) is 25.2 Å². The average molecular weight is 363 g/mol. The number of carbonyl (C=O) groups is 3. The molecule has 0 spiro atoms. The highest BCUT2D eigenvalue weighted by Crippen LogP contribution is 2.23. The van der Waals surface area contributed by atoms with Gasteiger partial charge in [-0.05, 0) is 13.0 Å². The molecule has 0 aliphatic rings. The number of amides is 2. The molecular weight excluding hydrogens is 346 g/mol. The predicted octanol–water partition coefficient (Wildman–Crippen LogP) is 0.651. The third-order valence-corrected chi connectivity index (χ3v) is 4.27. The van der Waals surface area contributed by atoms with Gasteiger partial charge in [0.2, 0.25) is 5.91 Å². The fourth-order valence-electron chi connectivity index (χ4n) is 1.98. The van der Waals surface area contributed by atoms with Crippen LogP contribution in [-0.2, 0) is 9.59 Å². The molecule has 0 saturated carbocycles. The summed E-state index contributed by atoms with van der Waals surface area (Å²) in [4.78, 5) is 48.7. The van der Waals surface area contributed by atoms with Gasteiger partial charge < -0.3 is 15.3 Å². The van der Waals surface area contributed by atoms with Crippen LogP contribution < -0.4 is 5.32 Å². The Morgan fingerprint density at radius 3 is 2.56 bits per heavy atom. The first-order chi connectivity index (χ1) is 11.9. The first-order valence-electron chi connectivity index (χ1n) is 7.41. The third-order valence-electron chi connectivity index (χ3n) is 3.29. The second-order valence-electron chi connectivity index (χ2n) is 5.10. The fraction of sp³-hybridized carbons (Fsp3) is 0.333. The maximum Gasteiger partial charge on any atom is 0.326 e. The van der Waals surface area contributed by atoms with Crippen molar-refractivity contribution in [3.05, 3.63) is 29.5 Å². The van der Waals surface area contributed by atoms with E-state index in [1.807, 2.05) is 0 Å². The summed E-state index contributed by atoms with van der Waals surface area (Å²) in [6, 6.07) is 0.626. The molecule has 1 unspecified atom stereocenters. The van der Waals surface area contributed by atoms with Crippen molar-refractivity contribution in [1.29, 1.82) is 0 Å². The highest BCUT2D eigenvalue weighted by atomic mass is 32.1. The number of hydrogen-bond donors (Lipinski definition) is 2. The van der Waals surface area contributed by atoms with Gasteiger partial charge in [-0.1, -0.05) is 0 Å². The monoisotopic (exact) mass is 363 g/mol. The van der Waals surface area contributed by atoms with Crippen molar-refractivity contribution < 1.29 is 19.5 Å². The quantitative estimate of drug-likeness (QED) is 0.740. The highest BCUT2D eigenvalue weighted by molar-refractivity contribution is 7.16. The first-order valence-corrected chi connectivity index (χ1v) is 8.23. The predicted molar refractivity (Wildman–Crippen MR) is 90.0 cm³/mol. The van der Waals surface area contributed by atoms with Gasteiger partial charge >= 0.3 is 5.97 Å². The zero-order valence-corrected chi connectivity index (χ0v) is 14.5. The minimum Gasteiger partial charge on any atom is -0.480 e. The molecule has 25 heavy (non-hydrogen) atoms. The van der Waals surface area contributed by atoms with Crippen LogP contribution in [0.2, 0.25) is 0 Å². The number of carbonyl (C=O) groups excluding carboxylic acids is 2. The molecule has 0 bridgehead atoms. The van der Waals surface area contributed by atoms with E-state index in [2.05, 4.69) is 20.3 Å². The Kier molecular flexibility index (Phi) is 6.12. The van der Waals surface area contributed by atoms with E-state index < -0.39 is 17.9 Å². The van der Waals surface area contributed by atoms with Crippen LogP contribution in [0.3, 0.4) is 0 Å². The summed E-state index contributed by atoms with van der Waals surface area (Å²) in [6.07, 6.45) is 4.51. The van der Waals surface area contributed by atoms with E-state index in [0.717, 1.165) is 11.3 Å². The summed E-state index contributed by atoms with van der Waals surface area (Å²) in [7, 11) is 0. The summed E-state index contributed by atoms with van der Waals surface area (Å²) in [5.41, 5.74) is 0. The third kappa shape index (κ3) is 4.80. The number of nitrogens with zero attached hydrogens (tertiary/aromatic N) is 4. The molecular formula is C15H17N5O4S. The van der Waals surface area contributed by atoms with E-state index >= 15 is 0 Å². The van der Waals surface area contributed by atoms with Crippen LogP contribution in [0.4, 0.5) is 0 Å². The van der Waals surface area contributed by atoms with Gasteiger partial charge in [0.1, 0.15) is 10.9 Å². The molecule has 1 atom stereocenters. The summed E-state index contributed by atoms with van der Waals surface area (Å²) < 4.78 is 0. The molecule has 2 rings (SSSR count). The standard InChI is InChI=1S/C15H17N5O4S/c1-9(15(23)24)20(7-6-16-10(2)21)14(22)11-8-19-13(25-11)12-17-4-3-5-18-12/h3-5,8-9H,6-7H2,1-2H3,(H,16,21)(H,23,24). The van der Waals surface area contributed by atoms with Crippen molar-refractivity contribution >= 4 is 29.1 Å². The Hall–Kier alpha value is -2.88. The number of carboxylic acids is 1. The number of nitrogens with one attached hydrogen (secondary N) is 1. The zero-order valence-electron chi connectivity index (χ0n) is 13.7. The van der Waals surface area contributed by atoms with Gasteiger partial charge in [0.15, 0.2) is 10.8 Å². The van der Waals surface area contributed by atoms with Gasteiger partial charge in [0.05, 0.1) is 6.20 Å². The molecule has 0 aliphatic carbocycles. The molecule has 2 aromatic rings. The van der Waals surface area contributed by atoms with Gasteiger partial charge in [-0.3, -0.25) is 9.59 Å². The number of hydrogen-bond acceptors (Lipinski definition) is 7. The Morgan fingerprint density at radius 2 is 1.96 bits per heavy atom. The first kappa shape index (κ1) is 18.5. The second kappa shape index (κ2) is 8.29. The fourth-order valence-corrected chi connectivity index (χ4v) is 2.80. The summed E-state index contributed by atoms with van der Waals surface area (Å²) in [5, 5.41) is 12.2. The van der Waals surface area contributed by atoms with Crippen molar-refractivity contribution in [2.24, 2.45) is 0 Å². The van der Waals surface area contributed by atoms with Crippen LogP contribution in [0, 0.1) is 0 Å². The molecule has 0 saturated heterocycles. The molecule has 2 aromatic heterocycles. The van der Waals surface area contributed by atoms with E-state index in [9.17, 15) is 19.5 Å². The summed E-state index contributed by atoms with van der Waals surface area (Å²) in [5.74, 6) is -1.47. The SMILES string of the molecule is CC(=O)NCCN(C(=O)c1cnc(-c2ncccn2)s1)C(C)C(=O)O. The summed E-state index contributed by atoms with van der Waals surface area (Å²) >= 11 is 1.08. The van der Waals surface area contributed by atoms with Crippen molar-refractivity contribution in [2.45, 2.75) is 19.9 Å². The molecule has 9 nitrogen and oxygen atoms in total. The van der Waals surface area contributed by atoms with Crippen LogP contribution in [0.5, 0.6) is 0 Å². The molecule has 2 amide bonds. The van der Waals surface area contributed by atoms with Crippen molar-refractivity contribution in [3.63, 3.8) is 0 Å². The Balaban J connectivity index is 2.19. The van der Waals surface area contributed by atoms with Crippen LogP contribution in [0.25, 0.3) is 10.8 Å². The molecule has 10 heteroatoms. The largest absolute Gasteiger partial charge is 0.480 e. The molecule has 0 fully saturated rings. The highest BCUT2D eigenvalue weighted by Gasteiger charge is 2.27. The van der Waals surface area contributed by atoms with Crippen molar-refractivity contribution in [3.8, 4) is 10.8 Å². The number of carboxylic acid groups (broad SMARTS) is 1. The maximum atomic E-state index is 12.7. The number of aliphatic carboxylic acids is 1. The summed E-state index contributed by atoms with van der Waals surface area (Å²) in [6.45, 7) is 2.99. The Labute approximate surface area is 147 Å². The molecule has 2 N–H and O–H groups in total. The Bertz CT molecular complexity index is 764. The molecule has 0 aliphatic heterocycles. The van der Waals surface area contributed by atoms with Crippen LogP contribution in [-0.4, -0.2) is 61.9 Å². The van der Waals surface area contributed by atoms with Gasteiger partial charge in [0.25, 0.3) is 5.91 Å². The topological polar surface area (TPSA) is 125 Å². The van der Waals surface area contributed by atoms with Crippen molar-refractivity contribution in [2.75, 3.05) is 13.1 Å². The van der Waals surface area contributed by atoms with Gasteiger partial charge in [-0.2, -0.15) is 0 Å². The molecule has 132 valence electrons. The lowest BCUT2D eigenvalue weighted by Crippen LogP contribution is -2.46. The smallest absolute Gasteiger partial charge is 0.326 e. The second-order valence-corrected chi connectivity index (χ2v) is 6.13. The average Bonchev–Trinajstić information content (AvgIpc) is 3.08. The van der Waals surface area contributed by atoms with Crippen LogP contribution in [0.1, 0.15) is 23.5 Å². The zero-order chi connectivity index (χ0) is 18.4. The molecule has 0 aromatic carbocycles. The lowest BCUT2D eigenvalue weighted by atomic mass is 10.2. The maximum absolute atomic E-state index is 12.7. The minimum atomic E-state index is -1.13. The van der Waals surface area contributed by atoms with Gasteiger partial charge in [0, 0.05) is 32.4 Å². The minimum absolute atomic E-state index is 0.0704. The number of aromatic nitrogens is 3. The Morgan fingerprint density at radius 1 is 1.28 bits per heavy atom. The molecule has 0 radical (unpaired) electrons. The van der Waals surface area contributed by atoms with Gasteiger partial charge in [-0.25, -0.2) is 19.7 Å². The van der Waals surface area contributed by atoms with Crippen LogP contribution >= 0.6 is 11.3 Å². The molecule has 2 heterocycles. The van der Waals surface area contributed by atoms with Crippen LogP contribution in [0.15, 0.2) is 24.7 Å².